The number of aliphatic carboxylic acids is 1. The van der Waals surface area contributed by atoms with E-state index in [1.54, 1.807) is 4.90 Å². The Kier molecular flexibility index (Phi) is 7.30. The first-order valence-electron chi connectivity index (χ1n) is 11.6. The molecule has 1 saturated heterocycles. The van der Waals surface area contributed by atoms with Gasteiger partial charge in [0.25, 0.3) is 0 Å². The second-order valence-corrected chi connectivity index (χ2v) is 8.80. The Morgan fingerprint density at radius 3 is 2.65 bits per heavy atom. The second-order valence-electron chi connectivity index (χ2n) is 8.80. The van der Waals surface area contributed by atoms with Crippen molar-refractivity contribution in [1.82, 2.24) is 9.88 Å². The predicted molar refractivity (Wildman–Crippen MR) is 128 cm³/mol. The number of ether oxygens (including phenoxy) is 1. The van der Waals surface area contributed by atoms with Crippen LogP contribution in [0, 0.1) is 18.8 Å². The van der Waals surface area contributed by atoms with Gasteiger partial charge in [-0.15, -0.1) is 0 Å². The lowest BCUT2D eigenvalue weighted by molar-refractivity contribution is -0.142. The molecule has 4 rings (SSSR count). The summed E-state index contributed by atoms with van der Waals surface area (Å²) < 4.78 is 11.8. The lowest BCUT2D eigenvalue weighted by Gasteiger charge is -2.15. The fourth-order valence-corrected chi connectivity index (χ4v) is 4.47. The first kappa shape index (κ1) is 23.5. The number of benzene rings is 2. The van der Waals surface area contributed by atoms with Crippen LogP contribution in [-0.2, 0) is 22.4 Å². The maximum atomic E-state index is 11.7. The molecule has 2 aromatic carbocycles. The van der Waals surface area contributed by atoms with Gasteiger partial charge in [-0.3, -0.25) is 9.59 Å². The Balaban J connectivity index is 1.31. The van der Waals surface area contributed by atoms with E-state index in [1.807, 2.05) is 61.5 Å². The molecule has 0 bridgehead atoms. The molecule has 1 aliphatic heterocycles. The first-order valence-corrected chi connectivity index (χ1v) is 11.6. The molecule has 7 nitrogen and oxygen atoms in total. The lowest BCUT2D eigenvalue weighted by Crippen LogP contribution is -2.27. The van der Waals surface area contributed by atoms with E-state index in [4.69, 9.17) is 9.15 Å². The number of aryl methyl sites for hydroxylation is 2. The summed E-state index contributed by atoms with van der Waals surface area (Å²) in [4.78, 5) is 29.6. The van der Waals surface area contributed by atoms with Crippen LogP contribution in [0.5, 0.6) is 5.75 Å². The van der Waals surface area contributed by atoms with Crippen molar-refractivity contribution in [1.29, 1.82) is 0 Å². The summed E-state index contributed by atoms with van der Waals surface area (Å²) in [7, 11) is 0. The molecule has 178 valence electrons. The molecule has 1 aliphatic rings. The average Bonchev–Trinajstić information content (AvgIpc) is 3.43. The van der Waals surface area contributed by atoms with Crippen LogP contribution in [0.25, 0.3) is 11.5 Å². The summed E-state index contributed by atoms with van der Waals surface area (Å²) in [5.74, 6) is 0.736. The normalized spacial score (nSPS) is 17.6. The van der Waals surface area contributed by atoms with Crippen molar-refractivity contribution < 1.29 is 23.8 Å². The number of carboxylic acid groups (broad SMARTS) is 1. The number of carboxylic acids is 1. The van der Waals surface area contributed by atoms with E-state index in [-0.39, 0.29) is 11.8 Å². The molecule has 7 heteroatoms. The molecule has 0 spiro atoms. The number of amides is 1. The lowest BCUT2D eigenvalue weighted by atomic mass is 9.90. The Bertz CT molecular complexity index is 1140. The van der Waals surface area contributed by atoms with E-state index < -0.39 is 11.9 Å². The highest BCUT2D eigenvalue weighted by Gasteiger charge is 2.38. The molecule has 1 amide bonds. The van der Waals surface area contributed by atoms with E-state index in [0.29, 0.717) is 38.4 Å². The van der Waals surface area contributed by atoms with Crippen LogP contribution in [0.1, 0.15) is 30.4 Å². The number of aromatic nitrogens is 1. The molecular weight excluding hydrogens is 432 g/mol. The molecule has 0 radical (unpaired) electrons. The van der Waals surface area contributed by atoms with Crippen molar-refractivity contribution in [2.75, 3.05) is 19.7 Å². The van der Waals surface area contributed by atoms with Crippen LogP contribution in [-0.4, -0.2) is 46.6 Å². The van der Waals surface area contributed by atoms with Crippen molar-refractivity contribution in [3.05, 3.63) is 71.6 Å². The number of carbonyl (C=O) groups excluding carboxylic acids is 1. The average molecular weight is 463 g/mol. The van der Waals surface area contributed by atoms with Crippen LogP contribution < -0.4 is 4.74 Å². The number of rotatable bonds is 9. The fourth-order valence-electron chi connectivity index (χ4n) is 4.47. The summed E-state index contributed by atoms with van der Waals surface area (Å²) in [6.07, 6.45) is 2.08. The molecule has 0 saturated carbocycles. The van der Waals surface area contributed by atoms with Gasteiger partial charge in [0.15, 0.2) is 0 Å². The van der Waals surface area contributed by atoms with Gasteiger partial charge < -0.3 is 19.2 Å². The Morgan fingerprint density at radius 1 is 1.12 bits per heavy atom. The molecular formula is C27H30N2O5. The quantitative estimate of drug-likeness (QED) is 0.507. The number of likely N-dealkylation sites (tertiary alicyclic amines) is 1. The zero-order valence-corrected chi connectivity index (χ0v) is 19.6. The van der Waals surface area contributed by atoms with Crippen molar-refractivity contribution in [3.63, 3.8) is 0 Å². The fraction of sp³-hybridized carbons (Fsp3) is 0.370. The zero-order chi connectivity index (χ0) is 24.1. The van der Waals surface area contributed by atoms with Gasteiger partial charge in [0.05, 0.1) is 18.2 Å². The summed E-state index contributed by atoms with van der Waals surface area (Å²) in [5.41, 5.74) is 2.92. The maximum Gasteiger partial charge on any atom is 0.308 e. The molecule has 1 N–H and O–H groups in total. The molecule has 0 unspecified atom stereocenters. The van der Waals surface area contributed by atoms with Gasteiger partial charge >= 0.3 is 5.97 Å². The minimum absolute atomic E-state index is 0.0417. The van der Waals surface area contributed by atoms with Crippen molar-refractivity contribution in [2.24, 2.45) is 11.8 Å². The van der Waals surface area contributed by atoms with Gasteiger partial charge in [-0.25, -0.2) is 4.98 Å². The predicted octanol–water partition coefficient (Wildman–Crippen LogP) is 4.38. The van der Waals surface area contributed by atoms with E-state index in [0.717, 1.165) is 34.8 Å². The Hall–Kier alpha value is -3.61. The van der Waals surface area contributed by atoms with Crippen LogP contribution in [0.4, 0.5) is 0 Å². The maximum absolute atomic E-state index is 11.7. The molecule has 3 aromatic rings. The van der Waals surface area contributed by atoms with Gasteiger partial charge in [-0.2, -0.15) is 0 Å². The standard InChI is InChI=1S/C27H30N2O5/c1-18-25(28-26(34-18)21-8-4-3-5-9-21)13-14-33-23-10-6-7-20(15-23)11-12-22-16-29(19(2)30)17-24(22)27(31)32/h3-10,15,22,24H,11-14,16-17H2,1-2H3,(H,31,32)/t22-,24+/m1/s1. The smallest absolute Gasteiger partial charge is 0.308 e. The third-order valence-corrected chi connectivity index (χ3v) is 6.43. The van der Waals surface area contributed by atoms with E-state index in [2.05, 4.69) is 4.98 Å². The first-order chi connectivity index (χ1) is 16.4. The highest BCUT2D eigenvalue weighted by atomic mass is 16.5. The second kappa shape index (κ2) is 10.5. The highest BCUT2D eigenvalue weighted by Crippen LogP contribution is 2.29. The van der Waals surface area contributed by atoms with Gasteiger partial charge in [-0.1, -0.05) is 30.3 Å². The Morgan fingerprint density at radius 2 is 1.91 bits per heavy atom. The summed E-state index contributed by atoms with van der Waals surface area (Å²) in [6, 6.07) is 17.7. The molecule has 0 aliphatic carbocycles. The van der Waals surface area contributed by atoms with Crippen molar-refractivity contribution >= 4 is 11.9 Å². The molecule has 34 heavy (non-hydrogen) atoms. The minimum Gasteiger partial charge on any atom is -0.493 e. The third-order valence-electron chi connectivity index (χ3n) is 6.43. The summed E-state index contributed by atoms with van der Waals surface area (Å²) >= 11 is 0. The molecule has 2 heterocycles. The van der Waals surface area contributed by atoms with Crippen LogP contribution in [0.15, 0.2) is 59.0 Å². The van der Waals surface area contributed by atoms with Gasteiger partial charge in [-0.05, 0) is 55.5 Å². The van der Waals surface area contributed by atoms with Crippen LogP contribution >= 0.6 is 0 Å². The van der Waals surface area contributed by atoms with E-state index in [9.17, 15) is 14.7 Å². The molecule has 2 atom stereocenters. The number of hydrogen-bond acceptors (Lipinski definition) is 5. The van der Waals surface area contributed by atoms with Crippen molar-refractivity contribution in [2.45, 2.75) is 33.1 Å². The number of oxazole rings is 1. The summed E-state index contributed by atoms with van der Waals surface area (Å²) in [5, 5.41) is 9.53. The van der Waals surface area contributed by atoms with E-state index >= 15 is 0 Å². The third kappa shape index (κ3) is 5.65. The highest BCUT2D eigenvalue weighted by molar-refractivity contribution is 5.77. The van der Waals surface area contributed by atoms with Gasteiger partial charge in [0.2, 0.25) is 11.8 Å². The van der Waals surface area contributed by atoms with Crippen LogP contribution in [0.2, 0.25) is 0 Å². The SMILES string of the molecule is CC(=O)N1C[C@@H](CCc2cccc(OCCc3nc(-c4ccccc4)oc3C)c2)[C@@H](C(=O)O)C1. The zero-order valence-electron chi connectivity index (χ0n) is 19.6. The van der Waals surface area contributed by atoms with Gasteiger partial charge in [0, 0.05) is 32.0 Å². The largest absolute Gasteiger partial charge is 0.493 e. The Labute approximate surface area is 199 Å². The van der Waals surface area contributed by atoms with Crippen LogP contribution in [0.3, 0.4) is 0 Å². The topological polar surface area (TPSA) is 92.9 Å². The van der Waals surface area contributed by atoms with Crippen molar-refractivity contribution in [3.8, 4) is 17.2 Å². The summed E-state index contributed by atoms with van der Waals surface area (Å²) in [6.45, 7) is 4.68. The van der Waals surface area contributed by atoms with Gasteiger partial charge in [0.1, 0.15) is 11.5 Å². The minimum atomic E-state index is -0.829. The molecule has 1 fully saturated rings. The number of hydrogen-bond donors (Lipinski definition) is 1. The molecule has 1 aromatic heterocycles. The number of nitrogens with zero attached hydrogens (tertiary/aromatic N) is 2. The monoisotopic (exact) mass is 462 g/mol. The van der Waals surface area contributed by atoms with E-state index in [1.165, 1.54) is 6.92 Å². The number of carbonyl (C=O) groups is 2.